The number of thiocarbonyl (C=S) groups is 1. The first-order chi connectivity index (χ1) is 8.58. The number of anilines is 2. The van der Waals surface area contributed by atoms with Crippen LogP contribution in [0.25, 0.3) is 0 Å². The Hall–Kier alpha value is -1.94. The van der Waals surface area contributed by atoms with Crippen LogP contribution in [0.2, 0.25) is 0 Å². The summed E-state index contributed by atoms with van der Waals surface area (Å²) in [7, 11) is 0. The van der Waals surface area contributed by atoms with E-state index in [0.29, 0.717) is 10.6 Å². The monoisotopic (exact) mass is 260 g/mol. The summed E-state index contributed by atoms with van der Waals surface area (Å²) in [4.78, 5) is 0.330. The summed E-state index contributed by atoms with van der Waals surface area (Å²) in [5, 5.41) is 3.19. The van der Waals surface area contributed by atoms with Gasteiger partial charge in [0.15, 0.2) is 0 Å². The average molecular weight is 260 g/mol. The highest BCUT2D eigenvalue weighted by molar-refractivity contribution is 7.80. The van der Waals surface area contributed by atoms with Crippen molar-refractivity contribution in [3.05, 3.63) is 59.4 Å². The van der Waals surface area contributed by atoms with Crippen molar-refractivity contribution in [2.24, 2.45) is 5.73 Å². The van der Waals surface area contributed by atoms with Crippen LogP contribution in [-0.2, 0) is 0 Å². The normalized spacial score (nSPS) is 10.1. The fourth-order valence-corrected chi connectivity index (χ4v) is 1.86. The number of nitrogens with one attached hydrogen (secondary N) is 1. The minimum atomic E-state index is -0.219. The average Bonchev–Trinajstić information content (AvgIpc) is 2.34. The van der Waals surface area contributed by atoms with Crippen LogP contribution in [0.15, 0.2) is 42.5 Å². The number of nitrogens with two attached hydrogens (primary N) is 1. The minimum Gasteiger partial charge on any atom is -0.389 e. The Morgan fingerprint density at radius 1 is 1.22 bits per heavy atom. The maximum atomic E-state index is 13.2. The summed E-state index contributed by atoms with van der Waals surface area (Å²) >= 11 is 4.99. The highest BCUT2D eigenvalue weighted by Gasteiger charge is 2.05. The highest BCUT2D eigenvalue weighted by Crippen LogP contribution is 2.22. The highest BCUT2D eigenvalue weighted by atomic mass is 32.1. The molecule has 0 aromatic heterocycles. The second kappa shape index (κ2) is 5.14. The van der Waals surface area contributed by atoms with Crippen molar-refractivity contribution in [3.8, 4) is 0 Å². The predicted molar refractivity (Wildman–Crippen MR) is 76.7 cm³/mol. The van der Waals surface area contributed by atoms with Gasteiger partial charge in [0.25, 0.3) is 0 Å². The smallest absolute Gasteiger partial charge is 0.126 e. The van der Waals surface area contributed by atoms with Gasteiger partial charge in [0.2, 0.25) is 0 Å². The van der Waals surface area contributed by atoms with Gasteiger partial charge in [-0.3, -0.25) is 0 Å². The Kier molecular flexibility index (Phi) is 3.58. The van der Waals surface area contributed by atoms with E-state index < -0.39 is 0 Å². The molecule has 0 aliphatic carbocycles. The lowest BCUT2D eigenvalue weighted by Crippen LogP contribution is -2.11. The van der Waals surface area contributed by atoms with Crippen LogP contribution in [0.1, 0.15) is 11.1 Å². The predicted octanol–water partition coefficient (Wildman–Crippen LogP) is 3.51. The van der Waals surface area contributed by atoms with Gasteiger partial charge >= 0.3 is 0 Å². The first-order valence-electron chi connectivity index (χ1n) is 5.50. The second-order valence-electron chi connectivity index (χ2n) is 4.00. The van der Waals surface area contributed by atoms with Gasteiger partial charge in [0.1, 0.15) is 10.8 Å². The summed E-state index contributed by atoms with van der Waals surface area (Å²) < 4.78 is 13.2. The van der Waals surface area contributed by atoms with Gasteiger partial charge in [-0.2, -0.15) is 0 Å². The zero-order valence-electron chi connectivity index (χ0n) is 9.91. The van der Waals surface area contributed by atoms with Crippen molar-refractivity contribution in [2.45, 2.75) is 6.92 Å². The maximum Gasteiger partial charge on any atom is 0.126 e. The number of aryl methyl sites for hydroxylation is 1. The Bertz CT molecular complexity index is 596. The van der Waals surface area contributed by atoms with Crippen molar-refractivity contribution in [1.29, 1.82) is 0 Å². The molecule has 2 aromatic carbocycles. The Labute approximate surface area is 111 Å². The van der Waals surface area contributed by atoms with E-state index in [2.05, 4.69) is 5.32 Å². The van der Waals surface area contributed by atoms with E-state index in [0.717, 1.165) is 16.9 Å². The molecule has 0 saturated carbocycles. The third kappa shape index (κ3) is 2.65. The minimum absolute atomic E-state index is 0.219. The van der Waals surface area contributed by atoms with Gasteiger partial charge in [0.05, 0.1) is 0 Å². The molecule has 2 nitrogen and oxygen atoms in total. The molecule has 2 rings (SSSR count). The molecule has 0 unspecified atom stereocenters. The van der Waals surface area contributed by atoms with Crippen LogP contribution >= 0.6 is 12.2 Å². The fraction of sp³-hybridized carbons (Fsp3) is 0.0714. The van der Waals surface area contributed by atoms with Crippen molar-refractivity contribution in [1.82, 2.24) is 0 Å². The number of para-hydroxylation sites is 1. The van der Waals surface area contributed by atoms with E-state index in [1.807, 2.05) is 24.3 Å². The number of hydrogen-bond donors (Lipinski definition) is 2. The molecule has 18 heavy (non-hydrogen) atoms. The summed E-state index contributed by atoms with van der Waals surface area (Å²) in [5.41, 5.74) is 8.64. The largest absolute Gasteiger partial charge is 0.389 e. The third-order valence-corrected chi connectivity index (χ3v) is 2.85. The Balaban J connectivity index is 2.34. The van der Waals surface area contributed by atoms with E-state index in [9.17, 15) is 4.39 Å². The lowest BCUT2D eigenvalue weighted by atomic mass is 10.1. The van der Waals surface area contributed by atoms with Gasteiger partial charge in [0, 0.05) is 16.9 Å². The first kappa shape index (κ1) is 12.5. The van der Waals surface area contributed by atoms with E-state index in [4.69, 9.17) is 18.0 Å². The molecular formula is C14H13FN2S. The second-order valence-corrected chi connectivity index (χ2v) is 4.44. The molecule has 4 heteroatoms. The molecule has 0 heterocycles. The van der Waals surface area contributed by atoms with Gasteiger partial charge in [-0.15, -0.1) is 0 Å². The van der Waals surface area contributed by atoms with E-state index >= 15 is 0 Å². The first-order valence-corrected chi connectivity index (χ1v) is 5.91. The molecule has 92 valence electrons. The molecule has 0 saturated heterocycles. The zero-order chi connectivity index (χ0) is 13.1. The molecule has 0 aliphatic rings. The van der Waals surface area contributed by atoms with Crippen LogP contribution in [0.3, 0.4) is 0 Å². The lowest BCUT2D eigenvalue weighted by molar-refractivity contribution is 0.619. The standard InChI is InChI=1S/C14H13FN2S/c1-9-8-10(6-7-12(9)15)17-13-5-3-2-4-11(13)14(16)18/h2-8,17H,1H3,(H2,16,18). The Morgan fingerprint density at radius 3 is 2.61 bits per heavy atom. The van der Waals surface area contributed by atoms with Crippen molar-refractivity contribution >= 4 is 28.6 Å². The van der Waals surface area contributed by atoms with Crippen molar-refractivity contribution in [2.75, 3.05) is 5.32 Å². The van der Waals surface area contributed by atoms with Crippen LogP contribution in [0.5, 0.6) is 0 Å². The van der Waals surface area contributed by atoms with Crippen LogP contribution in [-0.4, -0.2) is 4.99 Å². The number of hydrogen-bond acceptors (Lipinski definition) is 2. The summed E-state index contributed by atoms with van der Waals surface area (Å²) in [6.45, 7) is 1.72. The quantitative estimate of drug-likeness (QED) is 0.829. The van der Waals surface area contributed by atoms with Crippen LogP contribution in [0.4, 0.5) is 15.8 Å². The van der Waals surface area contributed by atoms with Gasteiger partial charge in [-0.05, 0) is 42.8 Å². The van der Waals surface area contributed by atoms with Gasteiger partial charge in [-0.1, -0.05) is 24.4 Å². The van der Waals surface area contributed by atoms with E-state index in [1.165, 1.54) is 6.07 Å². The molecule has 0 fully saturated rings. The van der Waals surface area contributed by atoms with Crippen LogP contribution in [0, 0.1) is 12.7 Å². The number of benzene rings is 2. The molecule has 2 aromatic rings. The van der Waals surface area contributed by atoms with Gasteiger partial charge < -0.3 is 11.1 Å². The third-order valence-electron chi connectivity index (χ3n) is 2.63. The SMILES string of the molecule is Cc1cc(Nc2ccccc2C(N)=S)ccc1F. The maximum absolute atomic E-state index is 13.2. The molecule has 0 spiro atoms. The molecule has 0 radical (unpaired) electrons. The molecule has 3 N–H and O–H groups in total. The number of rotatable bonds is 3. The molecule has 0 bridgehead atoms. The molecule has 0 atom stereocenters. The summed E-state index contributed by atoms with van der Waals surface area (Å²) in [5.74, 6) is -0.219. The molecule has 0 amide bonds. The van der Waals surface area contributed by atoms with Gasteiger partial charge in [-0.25, -0.2) is 4.39 Å². The summed E-state index contributed by atoms with van der Waals surface area (Å²) in [6.07, 6.45) is 0. The van der Waals surface area contributed by atoms with Crippen molar-refractivity contribution in [3.63, 3.8) is 0 Å². The zero-order valence-corrected chi connectivity index (χ0v) is 10.7. The van der Waals surface area contributed by atoms with E-state index in [1.54, 1.807) is 19.1 Å². The lowest BCUT2D eigenvalue weighted by Gasteiger charge is -2.11. The van der Waals surface area contributed by atoms with E-state index in [-0.39, 0.29) is 5.82 Å². The van der Waals surface area contributed by atoms with Crippen LogP contribution < -0.4 is 11.1 Å². The Morgan fingerprint density at radius 2 is 1.94 bits per heavy atom. The van der Waals surface area contributed by atoms with Crippen molar-refractivity contribution < 1.29 is 4.39 Å². The number of halogens is 1. The molecule has 0 aliphatic heterocycles. The molecular weight excluding hydrogens is 247 g/mol. The fourth-order valence-electron chi connectivity index (χ4n) is 1.68. The summed E-state index contributed by atoms with van der Waals surface area (Å²) in [6, 6.07) is 12.3. The topological polar surface area (TPSA) is 38.0 Å².